The Morgan fingerprint density at radius 2 is 2.30 bits per heavy atom. The predicted octanol–water partition coefficient (Wildman–Crippen LogP) is 3.27. The second-order valence-electron chi connectivity index (χ2n) is 6.17. The van der Waals surface area contributed by atoms with Gasteiger partial charge in [0.2, 0.25) is 0 Å². The number of rotatable bonds is 6. The van der Waals surface area contributed by atoms with E-state index in [1.807, 2.05) is 20.2 Å². The largest absolute Gasteiger partial charge is 0.466 e. The van der Waals surface area contributed by atoms with Gasteiger partial charge in [-0.1, -0.05) is 6.08 Å². The quantitative estimate of drug-likeness (QED) is 0.603. The summed E-state index contributed by atoms with van der Waals surface area (Å²) in [7, 11) is 2.00. The molecule has 2 rings (SSSR count). The summed E-state index contributed by atoms with van der Waals surface area (Å²) < 4.78 is 10.9. The van der Waals surface area contributed by atoms with Crippen LogP contribution in [-0.4, -0.2) is 43.6 Å². The van der Waals surface area contributed by atoms with Crippen molar-refractivity contribution in [2.24, 2.45) is 5.92 Å². The van der Waals surface area contributed by atoms with E-state index in [1.165, 1.54) is 12.6 Å². The van der Waals surface area contributed by atoms with E-state index < -0.39 is 0 Å². The van der Waals surface area contributed by atoms with E-state index in [2.05, 4.69) is 11.0 Å². The van der Waals surface area contributed by atoms with Crippen molar-refractivity contribution < 1.29 is 14.3 Å². The van der Waals surface area contributed by atoms with Gasteiger partial charge in [0, 0.05) is 31.6 Å². The average molecular weight is 320 g/mol. The summed E-state index contributed by atoms with van der Waals surface area (Å²) >= 11 is 0. The molecule has 5 heteroatoms. The highest BCUT2D eigenvalue weighted by Crippen LogP contribution is 2.29. The number of carbonyl (C=O) groups excluding carboxylic acids is 1. The second-order valence-corrected chi connectivity index (χ2v) is 6.17. The Morgan fingerprint density at radius 3 is 2.87 bits per heavy atom. The molecular formula is C18H28N2O3. The van der Waals surface area contributed by atoms with Gasteiger partial charge in [-0.15, -0.1) is 0 Å². The first-order valence-corrected chi connectivity index (χ1v) is 8.57. The fourth-order valence-electron chi connectivity index (χ4n) is 3.13. The van der Waals surface area contributed by atoms with Crippen molar-refractivity contribution in [1.82, 2.24) is 4.90 Å². The summed E-state index contributed by atoms with van der Waals surface area (Å²) in [5, 5.41) is 7.71. The summed E-state index contributed by atoms with van der Waals surface area (Å²) in [5.41, 5.74) is 2.05. The maximum Gasteiger partial charge on any atom is 0.309 e. The van der Waals surface area contributed by atoms with Crippen molar-refractivity contribution in [1.29, 1.82) is 5.41 Å². The fourth-order valence-corrected chi connectivity index (χ4v) is 3.13. The third kappa shape index (κ3) is 4.93. The molecule has 23 heavy (non-hydrogen) atoms. The van der Waals surface area contributed by atoms with E-state index >= 15 is 0 Å². The Bertz CT molecular complexity index is 479. The molecule has 128 valence electrons. The number of carbonyl (C=O) groups is 1. The van der Waals surface area contributed by atoms with Crippen molar-refractivity contribution >= 4 is 12.2 Å². The Hall–Kier alpha value is -1.62. The summed E-state index contributed by atoms with van der Waals surface area (Å²) in [5.74, 6) is -0.138. The van der Waals surface area contributed by atoms with Crippen molar-refractivity contribution in [2.75, 3.05) is 20.3 Å². The highest BCUT2D eigenvalue weighted by atomic mass is 16.5. The van der Waals surface area contributed by atoms with Gasteiger partial charge in [-0.2, -0.15) is 0 Å². The topological polar surface area (TPSA) is 62.6 Å². The molecule has 2 atom stereocenters. The number of esters is 1. The van der Waals surface area contributed by atoms with Gasteiger partial charge >= 0.3 is 5.97 Å². The van der Waals surface area contributed by atoms with Gasteiger partial charge in [-0.3, -0.25) is 4.79 Å². The number of nitrogens with one attached hydrogen (secondary N) is 1. The first kappa shape index (κ1) is 17.7. The molecule has 0 aromatic heterocycles. The zero-order valence-corrected chi connectivity index (χ0v) is 14.2. The molecule has 0 spiro atoms. The lowest BCUT2D eigenvalue weighted by Crippen LogP contribution is -2.33. The lowest BCUT2D eigenvalue weighted by molar-refractivity contribution is -0.148. The minimum Gasteiger partial charge on any atom is -0.466 e. The molecule has 1 aliphatic heterocycles. The Balaban J connectivity index is 1.99. The normalized spacial score (nSPS) is 25.5. The van der Waals surface area contributed by atoms with Crippen LogP contribution in [0.3, 0.4) is 0 Å². The maximum atomic E-state index is 11.8. The third-order valence-electron chi connectivity index (χ3n) is 4.51. The minimum absolute atomic E-state index is 0.0370. The molecule has 2 unspecified atom stereocenters. The summed E-state index contributed by atoms with van der Waals surface area (Å²) in [4.78, 5) is 13.9. The predicted molar refractivity (Wildman–Crippen MR) is 90.3 cm³/mol. The standard InChI is InChI=1S/C18H28N2O3/c1-3-22-18(21)15-9-7-14(8-10-15)16(12-19)13-20(2)17-6-4-5-11-23-17/h7,12-13,15,17,19H,3-6,8-11H2,1-2H3/b16-13+,19-12?. The van der Waals surface area contributed by atoms with Crippen molar-refractivity contribution in [3.05, 3.63) is 23.4 Å². The Labute approximate surface area is 138 Å². The molecule has 1 heterocycles. The van der Waals surface area contributed by atoms with Crippen LogP contribution in [0.25, 0.3) is 0 Å². The molecule has 2 aliphatic rings. The molecule has 0 saturated carbocycles. The lowest BCUT2D eigenvalue weighted by Gasteiger charge is -2.31. The van der Waals surface area contributed by atoms with Crippen LogP contribution in [0.4, 0.5) is 0 Å². The summed E-state index contributed by atoms with van der Waals surface area (Å²) in [6.45, 7) is 3.08. The molecule has 1 N–H and O–H groups in total. The van der Waals surface area contributed by atoms with Gasteiger partial charge in [0.05, 0.1) is 12.5 Å². The smallest absolute Gasteiger partial charge is 0.309 e. The molecule has 1 aliphatic carbocycles. The SMILES string of the molecule is CCOC(=O)C1CC=C(/C(C=N)=C/N(C)C2CCCCO2)CC1. The van der Waals surface area contributed by atoms with Crippen LogP contribution in [0.15, 0.2) is 23.4 Å². The molecule has 1 saturated heterocycles. The van der Waals surface area contributed by atoms with Gasteiger partial charge < -0.3 is 19.8 Å². The summed E-state index contributed by atoms with van der Waals surface area (Å²) in [6.07, 6.45) is 11.2. The van der Waals surface area contributed by atoms with E-state index in [0.717, 1.165) is 43.4 Å². The molecule has 0 amide bonds. The monoisotopic (exact) mass is 320 g/mol. The van der Waals surface area contributed by atoms with Gasteiger partial charge in [0.25, 0.3) is 0 Å². The number of hydrogen-bond donors (Lipinski definition) is 1. The summed E-state index contributed by atoms with van der Waals surface area (Å²) in [6, 6.07) is 0. The third-order valence-corrected chi connectivity index (χ3v) is 4.51. The zero-order chi connectivity index (χ0) is 16.7. The van der Waals surface area contributed by atoms with Gasteiger partial charge in [0.1, 0.15) is 6.23 Å². The van der Waals surface area contributed by atoms with Crippen LogP contribution < -0.4 is 0 Å². The lowest BCUT2D eigenvalue weighted by atomic mass is 9.87. The number of allylic oxidation sites excluding steroid dienone is 3. The van der Waals surface area contributed by atoms with Crippen LogP contribution >= 0.6 is 0 Å². The fraction of sp³-hybridized carbons (Fsp3) is 0.667. The van der Waals surface area contributed by atoms with Gasteiger partial charge in [0.15, 0.2) is 0 Å². The van der Waals surface area contributed by atoms with E-state index in [1.54, 1.807) is 0 Å². The molecule has 0 aromatic carbocycles. The van der Waals surface area contributed by atoms with Gasteiger partial charge in [-0.05, 0) is 51.0 Å². The second kappa shape index (κ2) is 8.87. The zero-order valence-electron chi connectivity index (χ0n) is 14.2. The van der Waals surface area contributed by atoms with Crippen LogP contribution in [0.5, 0.6) is 0 Å². The highest BCUT2D eigenvalue weighted by molar-refractivity contribution is 5.82. The van der Waals surface area contributed by atoms with E-state index in [0.29, 0.717) is 13.0 Å². The average Bonchev–Trinajstić information content (AvgIpc) is 2.60. The number of nitrogens with zero attached hydrogens (tertiary/aromatic N) is 1. The minimum atomic E-state index is -0.101. The first-order valence-electron chi connectivity index (χ1n) is 8.57. The van der Waals surface area contributed by atoms with Crippen LogP contribution in [-0.2, 0) is 14.3 Å². The molecule has 0 aromatic rings. The first-order chi connectivity index (χ1) is 11.2. The van der Waals surface area contributed by atoms with Crippen LogP contribution in [0, 0.1) is 11.3 Å². The Morgan fingerprint density at radius 1 is 1.48 bits per heavy atom. The van der Waals surface area contributed by atoms with Crippen molar-refractivity contribution in [3.8, 4) is 0 Å². The van der Waals surface area contributed by atoms with E-state index in [4.69, 9.17) is 14.9 Å². The highest BCUT2D eigenvalue weighted by Gasteiger charge is 2.24. The number of ether oxygens (including phenoxy) is 2. The molecule has 5 nitrogen and oxygen atoms in total. The molecular weight excluding hydrogens is 292 g/mol. The Kier molecular flexibility index (Phi) is 6.84. The molecule has 0 bridgehead atoms. The van der Waals surface area contributed by atoms with Crippen LogP contribution in [0.1, 0.15) is 45.4 Å². The van der Waals surface area contributed by atoms with Crippen molar-refractivity contribution in [3.63, 3.8) is 0 Å². The van der Waals surface area contributed by atoms with E-state index in [9.17, 15) is 4.79 Å². The van der Waals surface area contributed by atoms with Crippen molar-refractivity contribution in [2.45, 2.75) is 51.7 Å². The van der Waals surface area contributed by atoms with Gasteiger partial charge in [-0.25, -0.2) is 0 Å². The molecule has 1 fully saturated rings. The van der Waals surface area contributed by atoms with E-state index in [-0.39, 0.29) is 18.1 Å². The molecule has 0 radical (unpaired) electrons. The number of hydrogen-bond acceptors (Lipinski definition) is 5. The maximum absolute atomic E-state index is 11.8. The van der Waals surface area contributed by atoms with Crippen LogP contribution in [0.2, 0.25) is 0 Å².